The zero-order chi connectivity index (χ0) is 7.52. The third kappa shape index (κ3) is 3.10. The Balaban J connectivity index is 0.000000720. The van der Waals surface area contributed by atoms with Gasteiger partial charge in [-0.2, -0.15) is 0 Å². The first kappa shape index (κ1) is 12.6. The molecule has 1 aliphatic rings. The minimum atomic E-state index is 0. The van der Waals surface area contributed by atoms with Gasteiger partial charge in [0.1, 0.15) is 6.33 Å². The zero-order valence-corrected chi connectivity index (χ0v) is 8.77. The SMILES string of the molecule is Cl.Cl.c1ncc(C2CCCN2)cn1. The first-order valence-electron chi connectivity index (χ1n) is 3.95. The molecule has 1 atom stereocenters. The number of rotatable bonds is 1. The fourth-order valence-corrected chi connectivity index (χ4v) is 1.46. The van der Waals surface area contributed by atoms with Crippen LogP contribution in [0.5, 0.6) is 0 Å². The molecule has 5 heteroatoms. The molecule has 0 aliphatic carbocycles. The maximum absolute atomic E-state index is 3.98. The molecule has 1 saturated heterocycles. The Hall–Kier alpha value is -0.380. The van der Waals surface area contributed by atoms with Crippen LogP contribution in [0, 0.1) is 0 Å². The molecule has 1 N–H and O–H groups in total. The Morgan fingerprint density at radius 1 is 1.23 bits per heavy atom. The molecule has 1 aliphatic heterocycles. The van der Waals surface area contributed by atoms with Gasteiger partial charge in [-0.15, -0.1) is 24.8 Å². The normalized spacial score (nSPS) is 20.2. The second-order valence-electron chi connectivity index (χ2n) is 2.82. The minimum Gasteiger partial charge on any atom is -0.310 e. The Labute approximate surface area is 90.2 Å². The Bertz CT molecular complexity index is 224. The van der Waals surface area contributed by atoms with Crippen molar-refractivity contribution in [1.82, 2.24) is 15.3 Å². The molecule has 0 saturated carbocycles. The molecule has 3 nitrogen and oxygen atoms in total. The van der Waals surface area contributed by atoms with Gasteiger partial charge in [0.2, 0.25) is 0 Å². The first-order chi connectivity index (χ1) is 5.47. The number of nitrogens with zero attached hydrogens (tertiary/aromatic N) is 2. The highest BCUT2D eigenvalue weighted by molar-refractivity contribution is 5.85. The molecule has 2 rings (SSSR count). The molecule has 74 valence electrons. The summed E-state index contributed by atoms with van der Waals surface area (Å²) in [5.41, 5.74) is 1.21. The van der Waals surface area contributed by atoms with Gasteiger partial charge >= 0.3 is 0 Å². The van der Waals surface area contributed by atoms with E-state index in [4.69, 9.17) is 0 Å². The third-order valence-corrected chi connectivity index (χ3v) is 2.04. The Kier molecular flexibility index (Phi) is 5.95. The summed E-state index contributed by atoms with van der Waals surface area (Å²) in [5, 5.41) is 3.39. The van der Waals surface area contributed by atoms with Crippen molar-refractivity contribution < 1.29 is 0 Å². The summed E-state index contributed by atoms with van der Waals surface area (Å²) in [5.74, 6) is 0. The van der Waals surface area contributed by atoms with Crippen molar-refractivity contribution in [2.24, 2.45) is 0 Å². The van der Waals surface area contributed by atoms with Gasteiger partial charge in [-0.1, -0.05) is 0 Å². The summed E-state index contributed by atoms with van der Waals surface area (Å²) in [4.78, 5) is 7.96. The second-order valence-corrected chi connectivity index (χ2v) is 2.82. The third-order valence-electron chi connectivity index (χ3n) is 2.04. The highest BCUT2D eigenvalue weighted by Gasteiger charge is 2.15. The lowest BCUT2D eigenvalue weighted by Gasteiger charge is -2.07. The van der Waals surface area contributed by atoms with Crippen molar-refractivity contribution in [2.75, 3.05) is 6.54 Å². The maximum atomic E-state index is 3.98. The Morgan fingerprint density at radius 3 is 2.46 bits per heavy atom. The zero-order valence-electron chi connectivity index (χ0n) is 7.14. The lowest BCUT2D eigenvalue weighted by Crippen LogP contribution is -2.12. The van der Waals surface area contributed by atoms with Crippen molar-refractivity contribution in [3.05, 3.63) is 24.3 Å². The first-order valence-corrected chi connectivity index (χ1v) is 3.95. The fraction of sp³-hybridized carbons (Fsp3) is 0.500. The van der Waals surface area contributed by atoms with Gasteiger partial charge in [-0.3, -0.25) is 0 Å². The van der Waals surface area contributed by atoms with Crippen molar-refractivity contribution in [3.8, 4) is 0 Å². The van der Waals surface area contributed by atoms with E-state index in [2.05, 4.69) is 15.3 Å². The molecule has 1 aromatic heterocycles. The van der Waals surface area contributed by atoms with Gasteiger partial charge in [-0.05, 0) is 19.4 Å². The minimum absolute atomic E-state index is 0. The molecule has 0 spiro atoms. The highest BCUT2D eigenvalue weighted by Crippen LogP contribution is 2.20. The molecule has 13 heavy (non-hydrogen) atoms. The Morgan fingerprint density at radius 2 is 1.92 bits per heavy atom. The molecule has 1 unspecified atom stereocenters. The van der Waals surface area contributed by atoms with E-state index in [9.17, 15) is 0 Å². The molecule has 1 aromatic rings. The molecular weight excluding hydrogens is 209 g/mol. The number of halogens is 2. The van der Waals surface area contributed by atoms with Gasteiger partial charge in [0.15, 0.2) is 0 Å². The summed E-state index contributed by atoms with van der Waals surface area (Å²) in [6.45, 7) is 1.12. The van der Waals surface area contributed by atoms with Crippen LogP contribution < -0.4 is 5.32 Å². The van der Waals surface area contributed by atoms with Crippen LogP contribution in [-0.2, 0) is 0 Å². The monoisotopic (exact) mass is 221 g/mol. The second kappa shape index (κ2) is 6.13. The molecule has 0 bridgehead atoms. The van der Waals surface area contributed by atoms with Gasteiger partial charge < -0.3 is 5.32 Å². The smallest absolute Gasteiger partial charge is 0.115 e. The summed E-state index contributed by atoms with van der Waals surface area (Å²) >= 11 is 0. The van der Waals surface area contributed by atoms with E-state index in [1.54, 1.807) is 6.33 Å². The van der Waals surface area contributed by atoms with E-state index < -0.39 is 0 Å². The topological polar surface area (TPSA) is 37.8 Å². The van der Waals surface area contributed by atoms with Crippen molar-refractivity contribution >= 4 is 24.8 Å². The maximum Gasteiger partial charge on any atom is 0.115 e. The molecular formula is C8H13Cl2N3. The quantitative estimate of drug-likeness (QED) is 0.786. The van der Waals surface area contributed by atoms with E-state index in [1.165, 1.54) is 18.4 Å². The van der Waals surface area contributed by atoms with Gasteiger partial charge in [0, 0.05) is 24.0 Å². The van der Waals surface area contributed by atoms with Gasteiger partial charge in [-0.25, -0.2) is 9.97 Å². The fourth-order valence-electron chi connectivity index (χ4n) is 1.46. The summed E-state index contributed by atoms with van der Waals surface area (Å²) in [6, 6.07) is 0.496. The number of aromatic nitrogens is 2. The van der Waals surface area contributed by atoms with Gasteiger partial charge in [0.25, 0.3) is 0 Å². The van der Waals surface area contributed by atoms with Crippen LogP contribution in [0.2, 0.25) is 0 Å². The van der Waals surface area contributed by atoms with Crippen molar-refractivity contribution in [1.29, 1.82) is 0 Å². The summed E-state index contributed by atoms with van der Waals surface area (Å²) in [6.07, 6.45) is 7.82. The molecule has 1 fully saturated rings. The van der Waals surface area contributed by atoms with Gasteiger partial charge in [0.05, 0.1) is 0 Å². The molecule has 0 aromatic carbocycles. The largest absolute Gasteiger partial charge is 0.310 e. The predicted molar refractivity (Wildman–Crippen MR) is 56.5 cm³/mol. The van der Waals surface area contributed by atoms with Crippen LogP contribution in [0.1, 0.15) is 24.4 Å². The van der Waals surface area contributed by atoms with E-state index in [0.717, 1.165) is 6.54 Å². The van der Waals surface area contributed by atoms with Crippen molar-refractivity contribution in [3.63, 3.8) is 0 Å². The summed E-state index contributed by atoms with van der Waals surface area (Å²) < 4.78 is 0. The van der Waals surface area contributed by atoms with E-state index in [0.29, 0.717) is 6.04 Å². The van der Waals surface area contributed by atoms with E-state index in [1.807, 2.05) is 12.4 Å². The number of nitrogens with one attached hydrogen (secondary N) is 1. The lowest BCUT2D eigenvalue weighted by atomic mass is 10.1. The van der Waals surface area contributed by atoms with E-state index in [-0.39, 0.29) is 24.8 Å². The number of hydrogen-bond acceptors (Lipinski definition) is 3. The highest BCUT2D eigenvalue weighted by atomic mass is 35.5. The van der Waals surface area contributed by atoms with Crippen LogP contribution in [0.15, 0.2) is 18.7 Å². The average molecular weight is 222 g/mol. The molecule has 0 amide bonds. The standard InChI is InChI=1S/C8H11N3.2ClH/c1-2-8(11-3-1)7-4-9-6-10-5-7;;/h4-6,8,11H,1-3H2;2*1H. The van der Waals surface area contributed by atoms with Crippen LogP contribution in [-0.4, -0.2) is 16.5 Å². The van der Waals surface area contributed by atoms with E-state index >= 15 is 0 Å². The van der Waals surface area contributed by atoms with Crippen LogP contribution in [0.25, 0.3) is 0 Å². The van der Waals surface area contributed by atoms with Crippen LogP contribution >= 0.6 is 24.8 Å². The molecule has 2 heterocycles. The lowest BCUT2D eigenvalue weighted by molar-refractivity contribution is 0.641. The van der Waals surface area contributed by atoms with Crippen LogP contribution in [0.4, 0.5) is 0 Å². The predicted octanol–water partition coefficient (Wildman–Crippen LogP) is 1.74. The van der Waals surface area contributed by atoms with Crippen molar-refractivity contribution in [2.45, 2.75) is 18.9 Å². The molecule has 0 radical (unpaired) electrons. The van der Waals surface area contributed by atoms with Crippen LogP contribution in [0.3, 0.4) is 0 Å². The number of hydrogen-bond donors (Lipinski definition) is 1. The summed E-state index contributed by atoms with van der Waals surface area (Å²) in [7, 11) is 0. The average Bonchev–Trinajstić information content (AvgIpc) is 2.58.